The van der Waals surface area contributed by atoms with E-state index in [0.717, 1.165) is 24.5 Å². The van der Waals surface area contributed by atoms with Crippen LogP contribution in [0.3, 0.4) is 0 Å². The van der Waals surface area contributed by atoms with Crippen molar-refractivity contribution in [2.45, 2.75) is 0 Å². The molecule has 0 radical (unpaired) electrons. The Morgan fingerprint density at radius 2 is 1.78 bits per heavy atom. The summed E-state index contributed by atoms with van der Waals surface area (Å²) in [7, 11) is 1.54. The van der Waals surface area contributed by atoms with Crippen LogP contribution in [0, 0.1) is 0 Å². The normalized spacial score (nSPS) is 14.0. The van der Waals surface area contributed by atoms with E-state index in [9.17, 15) is 4.79 Å². The molecule has 0 unspecified atom stereocenters. The molecule has 6 nitrogen and oxygen atoms in total. The highest BCUT2D eigenvalue weighted by Gasteiger charge is 2.16. The van der Waals surface area contributed by atoms with Gasteiger partial charge in [-0.25, -0.2) is 0 Å². The highest BCUT2D eigenvalue weighted by molar-refractivity contribution is 6.31. The van der Waals surface area contributed by atoms with Gasteiger partial charge in [0.25, 0.3) is 0 Å². The quantitative estimate of drug-likeness (QED) is 0.757. The van der Waals surface area contributed by atoms with Gasteiger partial charge >= 0.3 is 0 Å². The van der Waals surface area contributed by atoms with E-state index in [1.54, 1.807) is 18.2 Å². The van der Waals surface area contributed by atoms with Crippen LogP contribution in [-0.2, 0) is 9.53 Å². The average molecular weight is 410 g/mol. The zero-order valence-electron chi connectivity index (χ0n) is 14.9. The fraction of sp³-hybridized carbons (Fsp3) is 0.316. The molecule has 0 atom stereocenters. The molecule has 2 N–H and O–H groups in total. The smallest absolute Gasteiger partial charge is 0.243 e. The number of methoxy groups -OCH3 is 1. The molecule has 1 fully saturated rings. The number of ether oxygens (including phenoxy) is 2. The van der Waals surface area contributed by atoms with Gasteiger partial charge < -0.3 is 25.0 Å². The number of morpholine rings is 1. The Hall–Kier alpha value is -2.15. The number of hydrogen-bond donors (Lipinski definition) is 2. The van der Waals surface area contributed by atoms with E-state index >= 15 is 0 Å². The van der Waals surface area contributed by atoms with E-state index in [-0.39, 0.29) is 12.5 Å². The maximum atomic E-state index is 12.4. The van der Waals surface area contributed by atoms with Crippen LogP contribution in [-0.4, -0.2) is 45.9 Å². The first-order chi connectivity index (χ1) is 13.1. The van der Waals surface area contributed by atoms with E-state index in [2.05, 4.69) is 15.5 Å². The Kier molecular flexibility index (Phi) is 6.66. The summed E-state index contributed by atoms with van der Waals surface area (Å²) in [5, 5.41) is 7.10. The van der Waals surface area contributed by atoms with Gasteiger partial charge in [0.2, 0.25) is 5.91 Å². The summed E-state index contributed by atoms with van der Waals surface area (Å²) in [5.41, 5.74) is 2.32. The summed E-state index contributed by atoms with van der Waals surface area (Å²) >= 11 is 12.1. The summed E-state index contributed by atoms with van der Waals surface area (Å²) in [5.74, 6) is 0.327. The molecule has 1 amide bonds. The molecule has 1 saturated heterocycles. The number of anilines is 3. The molecule has 0 spiro atoms. The molecule has 1 aliphatic rings. The predicted octanol–water partition coefficient (Wildman–Crippen LogP) is 3.89. The fourth-order valence-electron chi connectivity index (χ4n) is 2.88. The summed E-state index contributed by atoms with van der Waals surface area (Å²) < 4.78 is 10.7. The maximum absolute atomic E-state index is 12.4. The molecule has 0 aliphatic carbocycles. The van der Waals surface area contributed by atoms with E-state index in [1.165, 1.54) is 7.11 Å². The van der Waals surface area contributed by atoms with E-state index < -0.39 is 0 Å². The number of carbonyl (C=O) groups excluding carboxylic acids is 1. The average Bonchev–Trinajstić information content (AvgIpc) is 2.67. The molecule has 0 bridgehead atoms. The minimum Gasteiger partial charge on any atom is -0.495 e. The monoisotopic (exact) mass is 409 g/mol. The zero-order chi connectivity index (χ0) is 19.2. The summed E-state index contributed by atoms with van der Waals surface area (Å²) in [6.45, 7) is 3.02. The number of rotatable bonds is 6. The minimum atomic E-state index is -0.219. The molecule has 2 aromatic rings. The Balaban J connectivity index is 1.68. The van der Waals surface area contributed by atoms with Crippen LogP contribution < -0.4 is 20.3 Å². The summed E-state index contributed by atoms with van der Waals surface area (Å²) in [6.07, 6.45) is 0. The number of benzene rings is 2. The van der Waals surface area contributed by atoms with Gasteiger partial charge in [-0.05, 0) is 36.4 Å². The van der Waals surface area contributed by atoms with E-state index in [4.69, 9.17) is 32.7 Å². The van der Waals surface area contributed by atoms with Gasteiger partial charge in [0.05, 0.1) is 43.9 Å². The van der Waals surface area contributed by atoms with Crippen molar-refractivity contribution in [3.63, 3.8) is 0 Å². The topological polar surface area (TPSA) is 62.8 Å². The van der Waals surface area contributed by atoms with Crippen molar-refractivity contribution in [1.29, 1.82) is 0 Å². The van der Waals surface area contributed by atoms with E-state index in [1.807, 2.05) is 18.2 Å². The van der Waals surface area contributed by atoms with Gasteiger partial charge in [0.1, 0.15) is 5.75 Å². The fourth-order valence-corrected chi connectivity index (χ4v) is 3.22. The Labute approximate surface area is 168 Å². The second-order valence-electron chi connectivity index (χ2n) is 6.01. The first kappa shape index (κ1) is 19.6. The van der Waals surface area contributed by atoms with Crippen LogP contribution in [0.2, 0.25) is 10.0 Å². The second-order valence-corrected chi connectivity index (χ2v) is 6.88. The van der Waals surface area contributed by atoms with Crippen molar-refractivity contribution in [3.05, 3.63) is 46.4 Å². The molecule has 2 aromatic carbocycles. The molecule has 27 heavy (non-hydrogen) atoms. The van der Waals surface area contributed by atoms with Gasteiger partial charge in [0.15, 0.2) is 0 Å². The highest BCUT2D eigenvalue weighted by atomic mass is 35.5. The van der Waals surface area contributed by atoms with Crippen LogP contribution in [0.5, 0.6) is 5.75 Å². The van der Waals surface area contributed by atoms with Crippen LogP contribution >= 0.6 is 23.2 Å². The van der Waals surface area contributed by atoms with Crippen molar-refractivity contribution in [3.8, 4) is 5.75 Å². The molecular weight excluding hydrogens is 389 g/mol. The SMILES string of the molecule is COc1ccc(Cl)cc1NC(=O)CNc1cc(Cl)ccc1N1CCOCC1. The van der Waals surface area contributed by atoms with Crippen LogP contribution in [0.25, 0.3) is 0 Å². The van der Waals surface area contributed by atoms with Crippen molar-refractivity contribution < 1.29 is 14.3 Å². The van der Waals surface area contributed by atoms with Crippen LogP contribution in [0.4, 0.5) is 17.1 Å². The first-order valence-corrected chi connectivity index (χ1v) is 9.32. The standard InChI is InChI=1S/C19H21Cl2N3O3/c1-26-18-5-3-14(21)11-16(18)23-19(25)12-22-15-10-13(20)2-4-17(15)24-6-8-27-9-7-24/h2-5,10-11,22H,6-9,12H2,1H3,(H,23,25). The van der Waals surface area contributed by atoms with Gasteiger partial charge in [-0.15, -0.1) is 0 Å². The van der Waals surface area contributed by atoms with E-state index in [0.29, 0.717) is 34.7 Å². The van der Waals surface area contributed by atoms with Crippen LogP contribution in [0.15, 0.2) is 36.4 Å². The number of halogens is 2. The van der Waals surface area contributed by atoms with Crippen molar-refractivity contribution in [2.24, 2.45) is 0 Å². The third-order valence-electron chi connectivity index (χ3n) is 4.19. The zero-order valence-corrected chi connectivity index (χ0v) is 16.4. The molecule has 8 heteroatoms. The number of carbonyl (C=O) groups is 1. The summed E-state index contributed by atoms with van der Waals surface area (Å²) in [6, 6.07) is 10.7. The van der Waals surface area contributed by atoms with Crippen molar-refractivity contribution in [2.75, 3.05) is 55.5 Å². The Morgan fingerprint density at radius 3 is 2.48 bits per heavy atom. The Bertz CT molecular complexity index is 811. The maximum Gasteiger partial charge on any atom is 0.243 e. The lowest BCUT2D eigenvalue weighted by molar-refractivity contribution is -0.114. The molecule has 0 saturated carbocycles. The molecular formula is C19H21Cl2N3O3. The molecule has 1 aliphatic heterocycles. The lowest BCUT2D eigenvalue weighted by Crippen LogP contribution is -2.36. The molecule has 1 heterocycles. The lowest BCUT2D eigenvalue weighted by atomic mass is 10.2. The third-order valence-corrected chi connectivity index (χ3v) is 4.66. The largest absolute Gasteiger partial charge is 0.495 e. The number of nitrogens with one attached hydrogen (secondary N) is 2. The van der Waals surface area contributed by atoms with Gasteiger partial charge in [-0.2, -0.15) is 0 Å². The van der Waals surface area contributed by atoms with Gasteiger partial charge in [-0.1, -0.05) is 23.2 Å². The van der Waals surface area contributed by atoms with Gasteiger partial charge in [-0.3, -0.25) is 4.79 Å². The number of nitrogens with zero attached hydrogens (tertiary/aromatic N) is 1. The first-order valence-electron chi connectivity index (χ1n) is 8.56. The third kappa shape index (κ3) is 5.19. The minimum absolute atomic E-state index is 0.0767. The number of hydrogen-bond acceptors (Lipinski definition) is 5. The lowest BCUT2D eigenvalue weighted by Gasteiger charge is -2.30. The van der Waals surface area contributed by atoms with Gasteiger partial charge in [0, 0.05) is 23.1 Å². The predicted molar refractivity (Wildman–Crippen MR) is 110 cm³/mol. The van der Waals surface area contributed by atoms with Crippen LogP contribution in [0.1, 0.15) is 0 Å². The highest BCUT2D eigenvalue weighted by Crippen LogP contribution is 2.30. The molecule has 144 valence electrons. The number of amides is 1. The summed E-state index contributed by atoms with van der Waals surface area (Å²) in [4.78, 5) is 14.6. The van der Waals surface area contributed by atoms with Crippen molar-refractivity contribution in [1.82, 2.24) is 0 Å². The second kappa shape index (κ2) is 9.17. The molecule has 3 rings (SSSR count). The Morgan fingerprint density at radius 1 is 1.11 bits per heavy atom. The molecule has 0 aromatic heterocycles. The van der Waals surface area contributed by atoms with Crippen molar-refractivity contribution >= 4 is 46.2 Å².